The van der Waals surface area contributed by atoms with E-state index in [-0.39, 0.29) is 18.5 Å². The van der Waals surface area contributed by atoms with E-state index in [2.05, 4.69) is 17.2 Å². The van der Waals surface area contributed by atoms with Crippen molar-refractivity contribution < 1.29 is 14.7 Å². The number of rotatable bonds is 5. The van der Waals surface area contributed by atoms with E-state index in [1.807, 2.05) is 17.7 Å². The van der Waals surface area contributed by atoms with Crippen molar-refractivity contribution in [3.63, 3.8) is 0 Å². The van der Waals surface area contributed by atoms with Crippen LogP contribution < -0.4 is 5.32 Å². The van der Waals surface area contributed by atoms with Gasteiger partial charge >= 0.3 is 12.0 Å². The van der Waals surface area contributed by atoms with Gasteiger partial charge in [-0.05, 0) is 26.2 Å². The van der Waals surface area contributed by atoms with Crippen molar-refractivity contribution in [2.45, 2.75) is 33.7 Å². The van der Waals surface area contributed by atoms with E-state index in [1.165, 1.54) is 0 Å². The van der Waals surface area contributed by atoms with Crippen LogP contribution in [0.25, 0.3) is 0 Å². The molecule has 2 heterocycles. The van der Waals surface area contributed by atoms with E-state index in [4.69, 9.17) is 0 Å². The average molecular weight is 308 g/mol. The van der Waals surface area contributed by atoms with Crippen LogP contribution in [-0.2, 0) is 11.3 Å². The van der Waals surface area contributed by atoms with Gasteiger partial charge < -0.3 is 19.9 Å². The van der Waals surface area contributed by atoms with E-state index < -0.39 is 11.4 Å². The Hall–Kier alpha value is -2.05. The summed E-state index contributed by atoms with van der Waals surface area (Å²) in [6.45, 7) is 7.79. The summed E-state index contributed by atoms with van der Waals surface area (Å²) in [7, 11) is 0. The van der Waals surface area contributed by atoms with Crippen molar-refractivity contribution in [1.82, 2.24) is 19.8 Å². The van der Waals surface area contributed by atoms with E-state index in [0.29, 0.717) is 19.5 Å². The fourth-order valence-corrected chi connectivity index (χ4v) is 2.68. The molecule has 0 spiro atoms. The highest BCUT2D eigenvalue weighted by Crippen LogP contribution is 2.29. The number of aliphatic carboxylic acids is 1. The van der Waals surface area contributed by atoms with Crippen LogP contribution in [0, 0.1) is 18.3 Å². The number of likely N-dealkylation sites (tertiary alicyclic amines) is 1. The number of carboxylic acids is 1. The van der Waals surface area contributed by atoms with E-state index in [0.717, 1.165) is 12.4 Å². The molecule has 1 saturated heterocycles. The number of carbonyl (C=O) groups is 2. The van der Waals surface area contributed by atoms with Crippen LogP contribution in [-0.4, -0.2) is 51.2 Å². The van der Waals surface area contributed by atoms with Crippen LogP contribution in [0.15, 0.2) is 12.4 Å². The molecule has 1 aromatic heterocycles. The van der Waals surface area contributed by atoms with Gasteiger partial charge in [0.1, 0.15) is 5.82 Å². The first kappa shape index (κ1) is 16.3. The van der Waals surface area contributed by atoms with E-state index in [1.54, 1.807) is 18.0 Å². The van der Waals surface area contributed by atoms with Crippen molar-refractivity contribution in [2.24, 2.45) is 11.3 Å². The number of imidazole rings is 1. The maximum Gasteiger partial charge on any atom is 0.317 e. The molecule has 0 aromatic carbocycles. The zero-order valence-corrected chi connectivity index (χ0v) is 13.4. The molecule has 0 bridgehead atoms. The number of urea groups is 1. The van der Waals surface area contributed by atoms with Crippen LogP contribution in [0.5, 0.6) is 0 Å². The van der Waals surface area contributed by atoms with Crippen molar-refractivity contribution in [3.05, 3.63) is 18.2 Å². The normalized spacial score (nSPS) is 22.6. The van der Waals surface area contributed by atoms with Crippen LogP contribution in [0.2, 0.25) is 0 Å². The Morgan fingerprint density at radius 1 is 1.55 bits per heavy atom. The minimum Gasteiger partial charge on any atom is -0.481 e. The van der Waals surface area contributed by atoms with Crippen LogP contribution in [0.1, 0.15) is 26.1 Å². The lowest BCUT2D eigenvalue weighted by Gasteiger charge is -2.22. The quantitative estimate of drug-likeness (QED) is 0.859. The molecular weight excluding hydrogens is 284 g/mol. The Bertz CT molecular complexity index is 557. The monoisotopic (exact) mass is 308 g/mol. The van der Waals surface area contributed by atoms with Crippen molar-refractivity contribution >= 4 is 12.0 Å². The summed E-state index contributed by atoms with van der Waals surface area (Å²) in [4.78, 5) is 29.1. The smallest absolute Gasteiger partial charge is 0.317 e. The third-order valence-electron chi connectivity index (χ3n) is 4.31. The first-order chi connectivity index (χ1) is 10.3. The second-order valence-corrected chi connectivity index (χ2v) is 6.46. The summed E-state index contributed by atoms with van der Waals surface area (Å²) < 4.78 is 2.05. The van der Waals surface area contributed by atoms with E-state index >= 15 is 0 Å². The first-order valence-corrected chi connectivity index (χ1v) is 7.56. The average Bonchev–Trinajstić information content (AvgIpc) is 3.04. The summed E-state index contributed by atoms with van der Waals surface area (Å²) in [5, 5.41) is 12.1. The zero-order valence-electron chi connectivity index (χ0n) is 13.4. The van der Waals surface area contributed by atoms with Gasteiger partial charge in [-0.3, -0.25) is 4.79 Å². The molecule has 122 valence electrons. The van der Waals surface area contributed by atoms with Crippen LogP contribution in [0.3, 0.4) is 0 Å². The highest BCUT2D eigenvalue weighted by molar-refractivity contribution is 5.79. The number of aryl methyl sites for hydroxylation is 1. The Morgan fingerprint density at radius 2 is 2.27 bits per heavy atom. The molecule has 1 aliphatic heterocycles. The van der Waals surface area contributed by atoms with Crippen LogP contribution >= 0.6 is 0 Å². The number of hydrogen-bond donors (Lipinski definition) is 2. The Balaban J connectivity index is 1.79. The lowest BCUT2D eigenvalue weighted by atomic mass is 9.90. The minimum absolute atomic E-state index is 0.181. The molecule has 2 amide bonds. The fourth-order valence-electron chi connectivity index (χ4n) is 2.68. The highest BCUT2D eigenvalue weighted by atomic mass is 16.4. The number of nitrogens with one attached hydrogen (secondary N) is 1. The standard InChI is InChI=1S/C15H24N4O3/c1-11(9-18-7-5-16-12(18)2)8-17-14(22)19-6-4-15(3,10-19)13(20)21/h5,7,11H,4,6,8-10H2,1-3H3,(H,17,22)(H,20,21). The van der Waals surface area contributed by atoms with Crippen LogP contribution in [0.4, 0.5) is 4.79 Å². The molecule has 7 nitrogen and oxygen atoms in total. The lowest BCUT2D eigenvalue weighted by molar-refractivity contribution is -0.147. The molecule has 1 fully saturated rings. The van der Waals surface area contributed by atoms with Gasteiger partial charge in [0, 0.05) is 38.6 Å². The lowest BCUT2D eigenvalue weighted by Crippen LogP contribution is -2.42. The SMILES string of the molecule is Cc1nccn1CC(C)CNC(=O)N1CCC(C)(C(=O)O)C1. The maximum absolute atomic E-state index is 12.1. The number of aromatic nitrogens is 2. The Morgan fingerprint density at radius 3 is 2.82 bits per heavy atom. The summed E-state index contributed by atoms with van der Waals surface area (Å²) in [6.07, 6.45) is 4.18. The molecule has 0 aliphatic carbocycles. The molecule has 0 radical (unpaired) electrons. The maximum atomic E-state index is 12.1. The summed E-state index contributed by atoms with van der Waals surface area (Å²) in [5.41, 5.74) is -0.823. The number of hydrogen-bond acceptors (Lipinski definition) is 3. The van der Waals surface area contributed by atoms with Gasteiger partial charge in [-0.25, -0.2) is 9.78 Å². The number of carboxylic acid groups (broad SMARTS) is 1. The van der Waals surface area contributed by atoms with Gasteiger partial charge in [-0.1, -0.05) is 6.92 Å². The van der Waals surface area contributed by atoms with Gasteiger partial charge in [-0.2, -0.15) is 0 Å². The third kappa shape index (κ3) is 3.58. The molecule has 1 aromatic rings. The van der Waals surface area contributed by atoms with Crippen molar-refractivity contribution in [2.75, 3.05) is 19.6 Å². The van der Waals surface area contributed by atoms with Gasteiger partial charge in [-0.15, -0.1) is 0 Å². The highest BCUT2D eigenvalue weighted by Gasteiger charge is 2.42. The Kier molecular flexibility index (Phi) is 4.73. The number of amides is 2. The minimum atomic E-state index is -0.841. The summed E-state index contributed by atoms with van der Waals surface area (Å²) >= 11 is 0. The molecule has 2 atom stereocenters. The first-order valence-electron chi connectivity index (χ1n) is 7.56. The van der Waals surface area contributed by atoms with Crippen molar-refractivity contribution in [1.29, 1.82) is 0 Å². The predicted octanol–water partition coefficient (Wildman–Crippen LogP) is 1.33. The molecule has 2 N–H and O–H groups in total. The molecule has 1 aliphatic rings. The predicted molar refractivity (Wildman–Crippen MR) is 81.5 cm³/mol. The van der Waals surface area contributed by atoms with Gasteiger partial charge in [0.15, 0.2) is 0 Å². The third-order valence-corrected chi connectivity index (χ3v) is 4.31. The second kappa shape index (κ2) is 6.37. The molecular formula is C15H24N4O3. The fraction of sp³-hybridized carbons (Fsp3) is 0.667. The number of nitrogens with zero attached hydrogens (tertiary/aromatic N) is 3. The molecule has 2 unspecified atom stereocenters. The summed E-state index contributed by atoms with van der Waals surface area (Å²) in [6, 6.07) is -0.181. The van der Waals surface area contributed by atoms with Gasteiger partial charge in [0.2, 0.25) is 0 Å². The molecule has 2 rings (SSSR count). The molecule has 22 heavy (non-hydrogen) atoms. The van der Waals surface area contributed by atoms with Crippen molar-refractivity contribution in [3.8, 4) is 0 Å². The van der Waals surface area contributed by atoms with E-state index in [9.17, 15) is 14.7 Å². The van der Waals surface area contributed by atoms with Gasteiger partial charge in [0.05, 0.1) is 5.41 Å². The summed E-state index contributed by atoms with van der Waals surface area (Å²) in [5.74, 6) is 0.381. The second-order valence-electron chi connectivity index (χ2n) is 6.46. The molecule has 7 heteroatoms. The topological polar surface area (TPSA) is 87.5 Å². The zero-order chi connectivity index (χ0) is 16.3. The van der Waals surface area contributed by atoms with Gasteiger partial charge in [0.25, 0.3) is 0 Å². The molecule has 0 saturated carbocycles. The number of carbonyl (C=O) groups excluding carboxylic acids is 1. The largest absolute Gasteiger partial charge is 0.481 e. The Labute approximate surface area is 130 Å².